The highest BCUT2D eigenvalue weighted by Gasteiger charge is 2.39. The summed E-state index contributed by atoms with van der Waals surface area (Å²) in [5.41, 5.74) is 7.04. The quantitative estimate of drug-likeness (QED) is 0.619. The molecule has 192 valence electrons. The number of ether oxygens (including phenoxy) is 1. The Hall–Kier alpha value is -2.97. The second-order valence-electron chi connectivity index (χ2n) is 10.1. The molecule has 3 unspecified atom stereocenters. The van der Waals surface area contributed by atoms with Crippen molar-refractivity contribution in [2.24, 2.45) is 11.8 Å². The highest BCUT2D eigenvalue weighted by atomic mass is 19.1. The van der Waals surface area contributed by atoms with E-state index in [0.29, 0.717) is 26.1 Å². The first kappa shape index (κ1) is 24.7. The topological polar surface area (TPSA) is 73.9 Å². The van der Waals surface area contributed by atoms with Gasteiger partial charge in [-0.2, -0.15) is 0 Å². The first-order chi connectivity index (χ1) is 17.6. The van der Waals surface area contributed by atoms with Crippen molar-refractivity contribution in [2.45, 2.75) is 38.1 Å². The molecule has 2 amide bonds. The maximum atomic E-state index is 14.7. The smallest absolute Gasteiger partial charge is 0.256 e. The van der Waals surface area contributed by atoms with Crippen molar-refractivity contribution >= 4 is 11.8 Å². The van der Waals surface area contributed by atoms with Crippen LogP contribution in [0.3, 0.4) is 0 Å². The van der Waals surface area contributed by atoms with E-state index in [4.69, 9.17) is 4.74 Å². The normalized spacial score (nSPS) is 24.6. The van der Waals surface area contributed by atoms with E-state index in [0.717, 1.165) is 56.6 Å². The summed E-state index contributed by atoms with van der Waals surface area (Å²) in [7, 11) is 0. The van der Waals surface area contributed by atoms with Gasteiger partial charge in [-0.1, -0.05) is 37.1 Å². The number of halogens is 1. The fourth-order valence-corrected chi connectivity index (χ4v) is 5.80. The lowest BCUT2D eigenvalue weighted by molar-refractivity contribution is -0.133. The number of nitrogens with zero attached hydrogens (tertiary/aromatic N) is 2. The number of carbonyl (C=O) groups is 2. The molecule has 2 saturated heterocycles. The molecular weight excluding hydrogens is 459 g/mol. The van der Waals surface area contributed by atoms with E-state index in [1.165, 1.54) is 6.07 Å². The Labute approximate surface area is 212 Å². The van der Waals surface area contributed by atoms with Crippen molar-refractivity contribution in [2.75, 3.05) is 39.3 Å². The lowest BCUT2D eigenvalue weighted by Gasteiger charge is -2.41. The number of hydrogen-bond donors (Lipinski definition) is 2. The summed E-state index contributed by atoms with van der Waals surface area (Å²) in [6.45, 7) is 3.97. The van der Waals surface area contributed by atoms with Gasteiger partial charge in [0.05, 0.1) is 5.56 Å². The third-order valence-electron chi connectivity index (χ3n) is 7.85. The molecule has 3 aliphatic rings. The van der Waals surface area contributed by atoms with Crippen LogP contribution in [0.5, 0.6) is 5.75 Å². The number of piperazine rings is 1. The van der Waals surface area contributed by atoms with Crippen LogP contribution in [0.4, 0.5) is 4.39 Å². The molecule has 0 radical (unpaired) electrons. The van der Waals surface area contributed by atoms with E-state index in [9.17, 15) is 14.0 Å². The Morgan fingerprint density at radius 1 is 1.03 bits per heavy atom. The van der Waals surface area contributed by atoms with Crippen LogP contribution in [-0.4, -0.2) is 67.0 Å². The van der Waals surface area contributed by atoms with Crippen LogP contribution >= 0.6 is 0 Å². The van der Waals surface area contributed by atoms with Crippen molar-refractivity contribution < 1.29 is 18.7 Å². The molecule has 0 bridgehead atoms. The van der Waals surface area contributed by atoms with Gasteiger partial charge in [0, 0.05) is 44.7 Å². The lowest BCUT2D eigenvalue weighted by Crippen LogP contribution is -2.60. The monoisotopic (exact) mass is 494 g/mol. The molecule has 3 atom stereocenters. The maximum Gasteiger partial charge on any atom is 0.256 e. The molecule has 7 nitrogen and oxygen atoms in total. The molecule has 0 aromatic heterocycles. The summed E-state index contributed by atoms with van der Waals surface area (Å²) >= 11 is 0. The summed E-state index contributed by atoms with van der Waals surface area (Å²) in [6, 6.07) is 14.7. The highest BCUT2D eigenvalue weighted by Crippen LogP contribution is 2.35. The molecule has 3 fully saturated rings. The Kier molecular flexibility index (Phi) is 7.82. The first-order valence-corrected chi connectivity index (χ1v) is 13.1. The molecular formula is C28H35FN4O3. The molecule has 2 aromatic carbocycles. The maximum absolute atomic E-state index is 14.7. The fourth-order valence-electron chi connectivity index (χ4n) is 5.80. The second-order valence-corrected chi connectivity index (χ2v) is 10.1. The van der Waals surface area contributed by atoms with Crippen LogP contribution < -0.4 is 15.6 Å². The van der Waals surface area contributed by atoms with E-state index in [1.54, 1.807) is 17.0 Å². The van der Waals surface area contributed by atoms with Gasteiger partial charge in [-0.25, -0.2) is 9.82 Å². The van der Waals surface area contributed by atoms with Crippen LogP contribution in [0, 0.1) is 17.7 Å². The average molecular weight is 495 g/mol. The van der Waals surface area contributed by atoms with Crippen LogP contribution in [0.2, 0.25) is 0 Å². The van der Waals surface area contributed by atoms with Crippen LogP contribution in [0.25, 0.3) is 0 Å². The minimum absolute atomic E-state index is 0.0425. The summed E-state index contributed by atoms with van der Waals surface area (Å²) in [5.74, 6) is 0.512. The Balaban J connectivity index is 1.15. The molecule has 1 aliphatic carbocycles. The predicted octanol–water partition coefficient (Wildman–Crippen LogP) is 3.01. The van der Waals surface area contributed by atoms with Gasteiger partial charge in [0.2, 0.25) is 5.91 Å². The van der Waals surface area contributed by atoms with Gasteiger partial charge >= 0.3 is 0 Å². The zero-order valence-electron chi connectivity index (χ0n) is 20.6. The minimum atomic E-state index is -0.483. The number of para-hydroxylation sites is 1. The van der Waals surface area contributed by atoms with Crippen LogP contribution in [0.15, 0.2) is 48.5 Å². The number of carbonyl (C=O) groups excluding carboxylic acids is 2. The summed E-state index contributed by atoms with van der Waals surface area (Å²) in [6.07, 6.45) is 4.81. The molecule has 0 spiro atoms. The third-order valence-corrected chi connectivity index (χ3v) is 7.85. The zero-order valence-corrected chi connectivity index (χ0v) is 20.6. The number of benzene rings is 2. The Morgan fingerprint density at radius 2 is 1.81 bits per heavy atom. The van der Waals surface area contributed by atoms with E-state index < -0.39 is 5.82 Å². The van der Waals surface area contributed by atoms with Gasteiger partial charge in [0.25, 0.3) is 5.91 Å². The number of hydrazine groups is 1. The van der Waals surface area contributed by atoms with E-state index in [1.807, 2.05) is 30.3 Å². The second kappa shape index (κ2) is 11.4. The van der Waals surface area contributed by atoms with E-state index >= 15 is 0 Å². The third kappa shape index (κ3) is 5.71. The van der Waals surface area contributed by atoms with Crippen molar-refractivity contribution in [3.8, 4) is 5.75 Å². The summed E-state index contributed by atoms with van der Waals surface area (Å²) in [5, 5.41) is 0. The van der Waals surface area contributed by atoms with Crippen molar-refractivity contribution in [3.05, 3.63) is 65.5 Å². The standard InChI is InChI=1S/C28H35FN4O3/c29-25-11-10-20(19-26-22-8-4-5-9-23(22)27(34)31-30-26)18-24(25)28(35)33-14-12-32(13-15-33)16-17-36-21-6-2-1-3-7-21/h1-3,6-7,10-11,18,22-23,26,30H,4-5,8-9,12-17,19H2,(H,31,34). The van der Waals surface area contributed by atoms with Crippen molar-refractivity contribution in [1.82, 2.24) is 20.7 Å². The van der Waals surface area contributed by atoms with Gasteiger partial charge in [0.1, 0.15) is 18.2 Å². The lowest BCUT2D eigenvalue weighted by atomic mass is 9.72. The summed E-state index contributed by atoms with van der Waals surface area (Å²) < 4.78 is 20.5. The predicted molar refractivity (Wildman–Crippen MR) is 135 cm³/mol. The van der Waals surface area contributed by atoms with E-state index in [2.05, 4.69) is 15.8 Å². The number of hydrogen-bond acceptors (Lipinski definition) is 5. The summed E-state index contributed by atoms with van der Waals surface area (Å²) in [4.78, 5) is 29.5. The van der Waals surface area contributed by atoms with Gasteiger partial charge in [-0.15, -0.1) is 0 Å². The Morgan fingerprint density at radius 3 is 2.61 bits per heavy atom. The van der Waals surface area contributed by atoms with Crippen LogP contribution in [0.1, 0.15) is 41.6 Å². The van der Waals surface area contributed by atoms with E-state index in [-0.39, 0.29) is 35.3 Å². The molecule has 1 saturated carbocycles. The first-order valence-electron chi connectivity index (χ1n) is 13.1. The number of nitrogens with one attached hydrogen (secondary N) is 2. The van der Waals surface area contributed by atoms with Gasteiger partial charge in [0.15, 0.2) is 0 Å². The number of rotatable bonds is 7. The van der Waals surface area contributed by atoms with Crippen LogP contribution in [-0.2, 0) is 11.2 Å². The van der Waals surface area contributed by atoms with Crippen molar-refractivity contribution in [1.29, 1.82) is 0 Å². The van der Waals surface area contributed by atoms with Gasteiger partial charge in [-0.05, 0) is 55.0 Å². The van der Waals surface area contributed by atoms with Gasteiger partial charge in [-0.3, -0.25) is 19.9 Å². The number of amides is 2. The molecule has 36 heavy (non-hydrogen) atoms. The van der Waals surface area contributed by atoms with Crippen molar-refractivity contribution in [3.63, 3.8) is 0 Å². The minimum Gasteiger partial charge on any atom is -0.492 e. The molecule has 2 heterocycles. The van der Waals surface area contributed by atoms with Gasteiger partial charge < -0.3 is 9.64 Å². The molecule has 2 aliphatic heterocycles. The largest absolute Gasteiger partial charge is 0.492 e. The fraction of sp³-hybridized carbons (Fsp3) is 0.500. The SMILES string of the molecule is O=C1NNC(Cc2ccc(F)c(C(=O)N3CCN(CCOc4ccccc4)CC3)c2)C2CCCCC12. The molecule has 2 N–H and O–H groups in total. The molecule has 5 rings (SSSR count). The molecule has 8 heteroatoms. The average Bonchev–Trinajstić information content (AvgIpc) is 2.92. The highest BCUT2D eigenvalue weighted by molar-refractivity contribution is 5.94. The zero-order chi connectivity index (χ0) is 24.9. The number of fused-ring (bicyclic) bond motifs is 1. The Bertz CT molecular complexity index is 1060. The molecule has 2 aromatic rings.